The van der Waals surface area contributed by atoms with E-state index in [1.165, 1.54) is 0 Å². The molecule has 0 aliphatic heterocycles. The molecule has 116 valence electrons. The van der Waals surface area contributed by atoms with Crippen molar-refractivity contribution in [2.24, 2.45) is 5.92 Å². The number of carbonyl (C=O) groups is 1. The Hall–Kier alpha value is -1.46. The fraction of sp³-hybridized carbons (Fsp3) is 0.733. The third-order valence-electron chi connectivity index (χ3n) is 4.43. The van der Waals surface area contributed by atoms with Gasteiger partial charge in [0.15, 0.2) is 5.69 Å². The molecule has 0 saturated heterocycles. The lowest BCUT2D eigenvalue weighted by atomic mass is 9.79. The van der Waals surface area contributed by atoms with Gasteiger partial charge in [-0.2, -0.15) is 0 Å². The second-order valence-electron chi connectivity index (χ2n) is 6.17. The number of rotatable bonds is 4. The Morgan fingerprint density at radius 2 is 2.05 bits per heavy atom. The van der Waals surface area contributed by atoms with E-state index in [1.54, 1.807) is 0 Å². The number of hydrogen-bond donors (Lipinski definition) is 1. The molecule has 4 nitrogen and oxygen atoms in total. The number of alkyl halides is 2. The molecule has 1 fully saturated rings. The van der Waals surface area contributed by atoms with Crippen LogP contribution in [-0.2, 0) is 12.8 Å². The lowest BCUT2D eigenvalue weighted by Gasteiger charge is -2.34. The van der Waals surface area contributed by atoms with Crippen LogP contribution in [0, 0.1) is 5.92 Å². The molecule has 0 radical (unpaired) electrons. The van der Waals surface area contributed by atoms with E-state index in [2.05, 4.69) is 10.5 Å². The average Bonchev–Trinajstić information content (AvgIpc) is 2.66. The summed E-state index contributed by atoms with van der Waals surface area (Å²) in [4.78, 5) is 12.1. The first-order valence-electron chi connectivity index (χ1n) is 7.68. The van der Waals surface area contributed by atoms with Crippen LogP contribution in [0.4, 0.5) is 8.78 Å². The summed E-state index contributed by atoms with van der Waals surface area (Å²) in [6.45, 7) is 0.418. The predicted octanol–water partition coefficient (Wildman–Crippen LogP) is 3.11. The predicted molar refractivity (Wildman–Crippen MR) is 72.4 cm³/mol. The van der Waals surface area contributed by atoms with E-state index < -0.39 is 5.92 Å². The minimum atomic E-state index is -2.49. The molecule has 21 heavy (non-hydrogen) atoms. The van der Waals surface area contributed by atoms with E-state index in [0.717, 1.165) is 43.4 Å². The van der Waals surface area contributed by atoms with Gasteiger partial charge in [0.1, 0.15) is 5.76 Å². The Labute approximate surface area is 122 Å². The van der Waals surface area contributed by atoms with Crippen molar-refractivity contribution < 1.29 is 18.1 Å². The van der Waals surface area contributed by atoms with E-state index in [-0.39, 0.29) is 24.7 Å². The monoisotopic (exact) mass is 298 g/mol. The van der Waals surface area contributed by atoms with Gasteiger partial charge in [0.05, 0.1) is 0 Å². The SMILES string of the molecule is O=C(NCCC1CC(F)(F)C1)c1noc2c1CCCCC2. The van der Waals surface area contributed by atoms with E-state index in [4.69, 9.17) is 4.52 Å². The summed E-state index contributed by atoms with van der Waals surface area (Å²) in [7, 11) is 0. The molecular formula is C15H20F2N2O2. The zero-order valence-corrected chi connectivity index (χ0v) is 12.0. The number of carbonyl (C=O) groups excluding carboxylic acids is 1. The Kier molecular flexibility index (Phi) is 3.95. The molecule has 2 aliphatic rings. The van der Waals surface area contributed by atoms with Crippen LogP contribution in [0.15, 0.2) is 4.52 Å². The molecule has 1 N–H and O–H groups in total. The van der Waals surface area contributed by atoms with E-state index >= 15 is 0 Å². The number of aromatic nitrogens is 1. The zero-order chi connectivity index (χ0) is 14.9. The highest BCUT2D eigenvalue weighted by atomic mass is 19.3. The van der Waals surface area contributed by atoms with E-state index in [9.17, 15) is 13.6 Å². The van der Waals surface area contributed by atoms with Crippen molar-refractivity contribution >= 4 is 5.91 Å². The molecule has 1 aromatic heterocycles. The number of nitrogens with zero attached hydrogens (tertiary/aromatic N) is 1. The van der Waals surface area contributed by atoms with Crippen molar-refractivity contribution in [1.82, 2.24) is 10.5 Å². The van der Waals surface area contributed by atoms with Crippen molar-refractivity contribution in [3.8, 4) is 0 Å². The third kappa shape index (κ3) is 3.24. The zero-order valence-electron chi connectivity index (χ0n) is 12.0. The maximum Gasteiger partial charge on any atom is 0.273 e. The molecule has 0 spiro atoms. The van der Waals surface area contributed by atoms with Crippen LogP contribution in [-0.4, -0.2) is 23.5 Å². The molecule has 0 atom stereocenters. The first kappa shape index (κ1) is 14.5. The topological polar surface area (TPSA) is 55.1 Å². The third-order valence-corrected chi connectivity index (χ3v) is 4.43. The minimum absolute atomic E-state index is 0.0229. The molecule has 1 amide bonds. The molecule has 1 aromatic rings. The van der Waals surface area contributed by atoms with Gasteiger partial charge in [0.25, 0.3) is 5.91 Å². The summed E-state index contributed by atoms with van der Waals surface area (Å²) in [5.74, 6) is -1.88. The Bertz CT molecular complexity index is 520. The standard InChI is InChI=1S/C15H20F2N2O2/c16-15(17)8-10(9-15)6-7-18-14(20)13-11-4-2-1-3-5-12(11)21-19-13/h10H,1-9H2,(H,18,20). The molecule has 0 unspecified atom stereocenters. The van der Waals surface area contributed by atoms with Gasteiger partial charge >= 0.3 is 0 Å². The normalized spacial score (nSPS) is 21.2. The second-order valence-corrected chi connectivity index (χ2v) is 6.17. The number of amides is 1. The quantitative estimate of drug-likeness (QED) is 0.869. The number of aryl methyl sites for hydroxylation is 1. The lowest BCUT2D eigenvalue weighted by molar-refractivity contribution is -0.111. The molecular weight excluding hydrogens is 278 g/mol. The number of hydrogen-bond acceptors (Lipinski definition) is 3. The van der Waals surface area contributed by atoms with Gasteiger partial charge in [-0.3, -0.25) is 4.79 Å². The summed E-state index contributed by atoms with van der Waals surface area (Å²) in [6.07, 6.45) is 5.42. The van der Waals surface area contributed by atoms with Crippen LogP contribution < -0.4 is 5.32 Å². The summed E-state index contributed by atoms with van der Waals surface area (Å²) < 4.78 is 30.7. The molecule has 1 saturated carbocycles. The van der Waals surface area contributed by atoms with Crippen molar-refractivity contribution in [3.05, 3.63) is 17.0 Å². The maximum atomic E-state index is 12.7. The molecule has 6 heteroatoms. The number of halogens is 2. The van der Waals surface area contributed by atoms with Gasteiger partial charge in [-0.25, -0.2) is 8.78 Å². The van der Waals surface area contributed by atoms with Crippen LogP contribution in [0.5, 0.6) is 0 Å². The van der Waals surface area contributed by atoms with Crippen molar-refractivity contribution in [2.45, 2.75) is 57.3 Å². The maximum absolute atomic E-state index is 12.7. The highest BCUT2D eigenvalue weighted by Crippen LogP contribution is 2.43. The van der Waals surface area contributed by atoms with Crippen molar-refractivity contribution in [2.75, 3.05) is 6.54 Å². The van der Waals surface area contributed by atoms with Gasteiger partial charge in [-0.15, -0.1) is 0 Å². The minimum Gasteiger partial charge on any atom is -0.360 e. The van der Waals surface area contributed by atoms with Crippen molar-refractivity contribution in [3.63, 3.8) is 0 Å². The Morgan fingerprint density at radius 3 is 2.81 bits per heavy atom. The fourth-order valence-corrected chi connectivity index (χ4v) is 3.20. The van der Waals surface area contributed by atoms with Crippen LogP contribution in [0.2, 0.25) is 0 Å². The lowest BCUT2D eigenvalue weighted by Crippen LogP contribution is -2.37. The van der Waals surface area contributed by atoms with Crippen molar-refractivity contribution in [1.29, 1.82) is 0 Å². The van der Waals surface area contributed by atoms with Gasteiger partial charge in [0.2, 0.25) is 5.92 Å². The summed E-state index contributed by atoms with van der Waals surface area (Å²) in [5, 5.41) is 6.66. The first-order valence-corrected chi connectivity index (χ1v) is 7.68. The fourth-order valence-electron chi connectivity index (χ4n) is 3.20. The number of fused-ring (bicyclic) bond motifs is 1. The number of nitrogens with one attached hydrogen (secondary N) is 1. The molecule has 0 aromatic carbocycles. The molecule has 1 heterocycles. The second kappa shape index (κ2) is 5.73. The van der Waals surface area contributed by atoms with E-state index in [0.29, 0.717) is 18.7 Å². The summed E-state index contributed by atoms with van der Waals surface area (Å²) in [5.41, 5.74) is 1.31. The summed E-state index contributed by atoms with van der Waals surface area (Å²) in [6, 6.07) is 0. The van der Waals surface area contributed by atoms with Gasteiger partial charge in [-0.05, 0) is 31.6 Å². The first-order chi connectivity index (χ1) is 10.1. The molecule has 2 aliphatic carbocycles. The van der Waals surface area contributed by atoms with Crippen LogP contribution in [0.1, 0.15) is 60.3 Å². The average molecular weight is 298 g/mol. The molecule has 3 rings (SSSR count). The van der Waals surface area contributed by atoms with Gasteiger partial charge in [-0.1, -0.05) is 11.6 Å². The highest BCUT2D eigenvalue weighted by molar-refractivity contribution is 5.93. The van der Waals surface area contributed by atoms with Crippen LogP contribution in [0.25, 0.3) is 0 Å². The highest BCUT2D eigenvalue weighted by Gasteiger charge is 2.44. The van der Waals surface area contributed by atoms with E-state index in [1.807, 2.05) is 0 Å². The van der Waals surface area contributed by atoms with Gasteiger partial charge in [0, 0.05) is 31.4 Å². The van der Waals surface area contributed by atoms with Crippen LogP contribution in [0.3, 0.4) is 0 Å². The van der Waals surface area contributed by atoms with Crippen LogP contribution >= 0.6 is 0 Å². The largest absolute Gasteiger partial charge is 0.360 e. The Morgan fingerprint density at radius 1 is 1.29 bits per heavy atom. The molecule has 0 bridgehead atoms. The summed E-state index contributed by atoms with van der Waals surface area (Å²) >= 11 is 0. The smallest absolute Gasteiger partial charge is 0.273 e. The Balaban J connectivity index is 1.51. The van der Waals surface area contributed by atoms with Gasteiger partial charge < -0.3 is 9.84 Å².